The fraction of sp³-hybridized carbons (Fsp3) is 0.348. The molecule has 25 heavy (non-hydrogen) atoms. The van der Waals surface area contributed by atoms with E-state index < -0.39 is 0 Å². The van der Waals surface area contributed by atoms with Crippen LogP contribution in [0, 0.1) is 5.41 Å². The highest BCUT2D eigenvalue weighted by Gasteiger charge is 2.12. The van der Waals surface area contributed by atoms with Gasteiger partial charge in [0.1, 0.15) is 0 Å². The number of pyridine rings is 1. The van der Waals surface area contributed by atoms with Crippen LogP contribution >= 0.6 is 0 Å². The largest absolute Gasteiger partial charge is 0.348 e. The van der Waals surface area contributed by atoms with Gasteiger partial charge in [0, 0.05) is 30.2 Å². The first-order chi connectivity index (χ1) is 11.8. The lowest BCUT2D eigenvalue weighted by atomic mass is 9.87. The summed E-state index contributed by atoms with van der Waals surface area (Å²) in [5.74, 6) is 0. The molecule has 0 aliphatic carbocycles. The predicted molar refractivity (Wildman–Crippen MR) is 110 cm³/mol. The van der Waals surface area contributed by atoms with Crippen molar-refractivity contribution in [2.75, 3.05) is 11.9 Å². The summed E-state index contributed by atoms with van der Waals surface area (Å²) in [6.07, 6.45) is 7.31. The molecule has 0 aliphatic heterocycles. The van der Waals surface area contributed by atoms with Gasteiger partial charge in [-0.3, -0.25) is 4.98 Å². The Labute approximate surface area is 152 Å². The van der Waals surface area contributed by atoms with Gasteiger partial charge in [-0.05, 0) is 49.1 Å². The molecule has 0 N–H and O–H groups in total. The van der Waals surface area contributed by atoms with E-state index >= 15 is 0 Å². The van der Waals surface area contributed by atoms with Crippen LogP contribution in [0.3, 0.4) is 0 Å². The lowest BCUT2D eigenvalue weighted by Gasteiger charge is -2.23. The van der Waals surface area contributed by atoms with Crippen molar-refractivity contribution >= 4 is 5.69 Å². The van der Waals surface area contributed by atoms with E-state index in [1.54, 1.807) is 0 Å². The van der Waals surface area contributed by atoms with Crippen LogP contribution in [0.2, 0.25) is 0 Å². The van der Waals surface area contributed by atoms with Gasteiger partial charge < -0.3 is 4.90 Å². The minimum Gasteiger partial charge on any atom is -0.348 e. The van der Waals surface area contributed by atoms with Crippen LogP contribution in [0.15, 0.2) is 72.1 Å². The molecular formula is C23H30N2. The van der Waals surface area contributed by atoms with Gasteiger partial charge in [0.15, 0.2) is 0 Å². The summed E-state index contributed by atoms with van der Waals surface area (Å²) in [4.78, 5) is 6.72. The zero-order valence-electron chi connectivity index (χ0n) is 16.4. The Balaban J connectivity index is 2.31. The Hall–Kier alpha value is -2.35. The van der Waals surface area contributed by atoms with E-state index in [0.29, 0.717) is 0 Å². The molecule has 0 saturated carbocycles. The lowest BCUT2D eigenvalue weighted by Crippen LogP contribution is -2.16. The van der Waals surface area contributed by atoms with Crippen LogP contribution in [0.1, 0.15) is 41.0 Å². The van der Waals surface area contributed by atoms with Gasteiger partial charge in [0.25, 0.3) is 0 Å². The average Bonchev–Trinajstić information content (AvgIpc) is 2.62. The van der Waals surface area contributed by atoms with Crippen molar-refractivity contribution in [2.45, 2.75) is 41.0 Å². The van der Waals surface area contributed by atoms with Crippen LogP contribution in [0.4, 0.5) is 5.69 Å². The predicted octanol–water partition coefficient (Wildman–Crippen LogP) is 6.47. The van der Waals surface area contributed by atoms with E-state index in [1.807, 2.05) is 24.4 Å². The molecule has 0 bridgehead atoms. The number of rotatable bonds is 5. The highest BCUT2D eigenvalue weighted by molar-refractivity contribution is 5.66. The Bertz CT molecular complexity index is 749. The molecule has 0 aliphatic rings. The number of hydrogen-bond donors (Lipinski definition) is 0. The molecule has 0 unspecified atom stereocenters. The second-order valence-corrected chi connectivity index (χ2v) is 7.44. The number of aromatic nitrogens is 1. The van der Waals surface area contributed by atoms with E-state index in [4.69, 9.17) is 0 Å². The molecule has 2 rings (SSSR count). The summed E-state index contributed by atoms with van der Waals surface area (Å²) in [6.45, 7) is 11.1. The zero-order chi connectivity index (χ0) is 18.4. The van der Waals surface area contributed by atoms with Crippen LogP contribution in [-0.4, -0.2) is 12.0 Å². The maximum Gasteiger partial charge on any atom is 0.0702 e. The van der Waals surface area contributed by atoms with Crippen molar-refractivity contribution in [3.8, 4) is 11.3 Å². The van der Waals surface area contributed by atoms with Crippen molar-refractivity contribution in [2.24, 2.45) is 5.41 Å². The highest BCUT2D eigenvalue weighted by atomic mass is 15.1. The van der Waals surface area contributed by atoms with Gasteiger partial charge in [-0.25, -0.2) is 0 Å². The molecular weight excluding hydrogens is 304 g/mol. The number of benzene rings is 1. The Morgan fingerprint density at radius 1 is 1.08 bits per heavy atom. The molecule has 0 saturated heterocycles. The Morgan fingerprint density at radius 3 is 2.44 bits per heavy atom. The fourth-order valence-electron chi connectivity index (χ4n) is 2.51. The first-order valence-corrected chi connectivity index (χ1v) is 8.96. The summed E-state index contributed by atoms with van der Waals surface area (Å²) in [5.41, 5.74) is 6.20. The molecule has 1 aromatic carbocycles. The number of anilines is 1. The van der Waals surface area contributed by atoms with Gasteiger partial charge >= 0.3 is 0 Å². The maximum absolute atomic E-state index is 4.46. The third-order valence-electron chi connectivity index (χ3n) is 4.70. The monoisotopic (exact) mass is 334 g/mol. The van der Waals surface area contributed by atoms with Crippen LogP contribution in [0.5, 0.6) is 0 Å². The lowest BCUT2D eigenvalue weighted by molar-refractivity contribution is 0.504. The highest BCUT2D eigenvalue weighted by Crippen LogP contribution is 2.27. The van der Waals surface area contributed by atoms with E-state index in [9.17, 15) is 0 Å². The quantitative estimate of drug-likeness (QED) is 0.582. The standard InChI is InChI=1S/C23H30N2/c1-7-20(15-14-18(2)23(3,4)5)25(6)21-12-10-11-19(17-21)22-13-8-9-16-24-22/h8-17H,7H2,1-6H3/b18-14+,20-15+. The smallest absolute Gasteiger partial charge is 0.0702 e. The molecule has 2 nitrogen and oxygen atoms in total. The minimum absolute atomic E-state index is 0.201. The normalized spacial score (nSPS) is 13.0. The number of allylic oxidation sites excluding steroid dienone is 4. The van der Waals surface area contributed by atoms with Gasteiger partial charge in [0.05, 0.1) is 5.69 Å². The SMILES string of the molecule is CC/C(=C\C=C(/C)C(C)(C)C)N(C)c1cccc(-c2ccccn2)c1. The maximum atomic E-state index is 4.46. The van der Waals surface area contributed by atoms with Crippen LogP contribution in [0.25, 0.3) is 11.3 Å². The second-order valence-electron chi connectivity index (χ2n) is 7.44. The van der Waals surface area contributed by atoms with Crippen molar-refractivity contribution in [1.29, 1.82) is 0 Å². The topological polar surface area (TPSA) is 16.1 Å². The average molecular weight is 335 g/mol. The molecule has 0 fully saturated rings. The summed E-state index contributed by atoms with van der Waals surface area (Å²) < 4.78 is 0. The van der Waals surface area contributed by atoms with Crippen molar-refractivity contribution in [1.82, 2.24) is 4.98 Å². The molecule has 1 aromatic heterocycles. The number of hydrogen-bond acceptors (Lipinski definition) is 2. The van der Waals surface area contributed by atoms with Gasteiger partial charge in [0.2, 0.25) is 0 Å². The molecule has 0 spiro atoms. The Morgan fingerprint density at radius 2 is 1.84 bits per heavy atom. The Kier molecular flexibility index (Phi) is 6.19. The molecule has 132 valence electrons. The summed E-state index contributed by atoms with van der Waals surface area (Å²) in [7, 11) is 2.13. The van der Waals surface area contributed by atoms with Crippen LogP contribution < -0.4 is 4.90 Å². The third kappa shape index (κ3) is 5.06. The van der Waals surface area contributed by atoms with E-state index in [0.717, 1.165) is 17.7 Å². The summed E-state index contributed by atoms with van der Waals surface area (Å²) >= 11 is 0. The second kappa shape index (κ2) is 8.15. The zero-order valence-corrected chi connectivity index (χ0v) is 16.4. The first-order valence-electron chi connectivity index (χ1n) is 8.96. The number of nitrogens with zero attached hydrogens (tertiary/aromatic N) is 2. The van der Waals surface area contributed by atoms with Gasteiger partial charge in [-0.15, -0.1) is 0 Å². The third-order valence-corrected chi connectivity index (χ3v) is 4.70. The first kappa shape index (κ1) is 19.0. The van der Waals surface area contributed by atoms with Gasteiger partial charge in [-0.1, -0.05) is 57.5 Å². The van der Waals surface area contributed by atoms with E-state index in [1.165, 1.54) is 17.0 Å². The van der Waals surface area contributed by atoms with Gasteiger partial charge in [-0.2, -0.15) is 0 Å². The van der Waals surface area contributed by atoms with Crippen LogP contribution in [-0.2, 0) is 0 Å². The molecule has 0 amide bonds. The molecule has 0 atom stereocenters. The molecule has 2 heteroatoms. The van der Waals surface area contributed by atoms with E-state index in [2.05, 4.69) is 88.0 Å². The van der Waals surface area contributed by atoms with Crippen molar-refractivity contribution < 1.29 is 0 Å². The molecule has 0 radical (unpaired) electrons. The van der Waals surface area contributed by atoms with E-state index in [-0.39, 0.29) is 5.41 Å². The molecule has 1 heterocycles. The van der Waals surface area contributed by atoms with Crippen molar-refractivity contribution in [3.05, 3.63) is 72.1 Å². The summed E-state index contributed by atoms with van der Waals surface area (Å²) in [5, 5.41) is 0. The minimum atomic E-state index is 0.201. The van der Waals surface area contributed by atoms with Crippen molar-refractivity contribution in [3.63, 3.8) is 0 Å². The fourth-order valence-corrected chi connectivity index (χ4v) is 2.51. The summed E-state index contributed by atoms with van der Waals surface area (Å²) in [6, 6.07) is 14.6. The molecule has 2 aromatic rings.